The molecule has 0 amide bonds. The predicted molar refractivity (Wildman–Crippen MR) is 80.1 cm³/mol. The Morgan fingerprint density at radius 2 is 2.00 bits per heavy atom. The number of anilines is 1. The molecule has 2 aromatic rings. The van der Waals surface area contributed by atoms with Crippen molar-refractivity contribution < 1.29 is 4.39 Å². The zero-order chi connectivity index (χ0) is 14.1. The molecule has 0 saturated carbocycles. The van der Waals surface area contributed by atoms with Crippen molar-refractivity contribution in [3.8, 4) is 0 Å². The van der Waals surface area contributed by atoms with E-state index in [1.54, 1.807) is 6.07 Å². The summed E-state index contributed by atoms with van der Waals surface area (Å²) in [5.41, 5.74) is 10.2. The highest BCUT2D eigenvalue weighted by Crippen LogP contribution is 2.27. The van der Waals surface area contributed by atoms with E-state index in [0.717, 1.165) is 30.8 Å². The molecule has 0 saturated heterocycles. The second-order valence-electron chi connectivity index (χ2n) is 5.16. The zero-order valence-corrected chi connectivity index (χ0v) is 11.8. The lowest BCUT2D eigenvalue weighted by molar-refractivity contribution is 0.246. The van der Waals surface area contributed by atoms with Crippen LogP contribution in [0.2, 0.25) is 5.02 Å². The van der Waals surface area contributed by atoms with Crippen LogP contribution in [0.4, 0.5) is 10.1 Å². The van der Waals surface area contributed by atoms with Crippen LogP contribution in [0.25, 0.3) is 0 Å². The first kappa shape index (κ1) is 13.4. The van der Waals surface area contributed by atoms with Crippen molar-refractivity contribution >= 4 is 17.3 Å². The Kier molecular flexibility index (Phi) is 3.64. The topological polar surface area (TPSA) is 29.3 Å². The minimum atomic E-state index is -0.360. The lowest BCUT2D eigenvalue weighted by atomic mass is 9.98. The van der Waals surface area contributed by atoms with Gasteiger partial charge in [0.2, 0.25) is 0 Å². The van der Waals surface area contributed by atoms with Gasteiger partial charge < -0.3 is 5.73 Å². The normalized spacial score (nSPS) is 15.1. The third-order valence-corrected chi connectivity index (χ3v) is 4.24. The molecule has 0 radical (unpaired) electrons. The molecule has 0 aromatic heterocycles. The van der Waals surface area contributed by atoms with Crippen molar-refractivity contribution in [3.63, 3.8) is 0 Å². The van der Waals surface area contributed by atoms with Gasteiger partial charge in [-0.3, -0.25) is 4.90 Å². The second-order valence-corrected chi connectivity index (χ2v) is 5.54. The van der Waals surface area contributed by atoms with Crippen LogP contribution in [-0.2, 0) is 19.5 Å². The van der Waals surface area contributed by atoms with Gasteiger partial charge in [-0.2, -0.15) is 0 Å². The molecule has 0 spiro atoms. The Morgan fingerprint density at radius 1 is 1.20 bits per heavy atom. The summed E-state index contributed by atoms with van der Waals surface area (Å²) in [5.74, 6) is -0.360. The third kappa shape index (κ3) is 2.51. The van der Waals surface area contributed by atoms with Crippen LogP contribution >= 0.6 is 11.6 Å². The standard InChI is InChI=1S/C16H16ClFN2/c17-16-12(4-1-5-14(16)18)9-20-8-7-11-3-2-6-15(19)13(11)10-20/h1-6H,7-10,19H2. The van der Waals surface area contributed by atoms with Crippen molar-refractivity contribution in [2.45, 2.75) is 19.5 Å². The molecule has 104 valence electrons. The first-order chi connectivity index (χ1) is 9.65. The SMILES string of the molecule is Nc1cccc2c1CN(Cc1cccc(F)c1Cl)CC2. The number of nitrogens with two attached hydrogens (primary N) is 1. The molecule has 4 heteroatoms. The maximum Gasteiger partial charge on any atom is 0.142 e. The van der Waals surface area contributed by atoms with Crippen molar-refractivity contribution in [2.75, 3.05) is 12.3 Å². The average molecular weight is 291 g/mol. The van der Waals surface area contributed by atoms with Gasteiger partial charge in [-0.1, -0.05) is 35.9 Å². The molecule has 0 bridgehead atoms. The van der Waals surface area contributed by atoms with Gasteiger partial charge >= 0.3 is 0 Å². The van der Waals surface area contributed by atoms with Gasteiger partial charge in [0.25, 0.3) is 0 Å². The molecule has 20 heavy (non-hydrogen) atoms. The van der Waals surface area contributed by atoms with Gasteiger partial charge in [0.15, 0.2) is 0 Å². The van der Waals surface area contributed by atoms with E-state index < -0.39 is 0 Å². The molecular formula is C16H16ClFN2. The summed E-state index contributed by atoms with van der Waals surface area (Å²) in [6.45, 7) is 2.36. The van der Waals surface area contributed by atoms with Crippen LogP contribution in [0.15, 0.2) is 36.4 Å². The fourth-order valence-electron chi connectivity index (χ4n) is 2.71. The predicted octanol–water partition coefficient (Wildman–Crippen LogP) is 3.62. The maximum absolute atomic E-state index is 13.5. The summed E-state index contributed by atoms with van der Waals surface area (Å²) >= 11 is 6.02. The van der Waals surface area contributed by atoms with Crippen LogP contribution in [0.1, 0.15) is 16.7 Å². The van der Waals surface area contributed by atoms with E-state index in [-0.39, 0.29) is 10.8 Å². The fraction of sp³-hybridized carbons (Fsp3) is 0.250. The maximum atomic E-state index is 13.5. The van der Waals surface area contributed by atoms with Gasteiger partial charge in [0, 0.05) is 25.3 Å². The molecule has 1 aliphatic rings. The van der Waals surface area contributed by atoms with Crippen LogP contribution < -0.4 is 5.73 Å². The summed E-state index contributed by atoms with van der Waals surface area (Å²) < 4.78 is 13.5. The largest absolute Gasteiger partial charge is 0.398 e. The summed E-state index contributed by atoms with van der Waals surface area (Å²) in [6, 6.07) is 11.0. The van der Waals surface area contributed by atoms with Crippen molar-refractivity contribution in [1.82, 2.24) is 4.90 Å². The van der Waals surface area contributed by atoms with Gasteiger partial charge in [-0.25, -0.2) is 4.39 Å². The Bertz CT molecular complexity index is 642. The summed E-state index contributed by atoms with van der Waals surface area (Å²) in [7, 11) is 0. The van der Waals surface area contributed by atoms with Crippen molar-refractivity contribution in [3.05, 3.63) is 63.9 Å². The second kappa shape index (κ2) is 5.43. The summed E-state index contributed by atoms with van der Waals surface area (Å²) in [5, 5.41) is 0.222. The number of benzene rings is 2. The minimum absolute atomic E-state index is 0.222. The lowest BCUT2D eigenvalue weighted by Crippen LogP contribution is -2.30. The first-order valence-electron chi connectivity index (χ1n) is 6.66. The van der Waals surface area contributed by atoms with E-state index in [2.05, 4.69) is 11.0 Å². The zero-order valence-electron chi connectivity index (χ0n) is 11.1. The highest BCUT2D eigenvalue weighted by atomic mass is 35.5. The average Bonchev–Trinajstić information content (AvgIpc) is 2.45. The number of fused-ring (bicyclic) bond motifs is 1. The van der Waals surface area contributed by atoms with Gasteiger partial charge in [0.05, 0.1) is 5.02 Å². The number of nitrogen functional groups attached to an aromatic ring is 1. The van der Waals surface area contributed by atoms with Crippen molar-refractivity contribution in [1.29, 1.82) is 0 Å². The lowest BCUT2D eigenvalue weighted by Gasteiger charge is -2.29. The van der Waals surface area contributed by atoms with Crippen LogP contribution in [0.3, 0.4) is 0 Å². The molecule has 2 aromatic carbocycles. The number of hydrogen-bond donors (Lipinski definition) is 1. The summed E-state index contributed by atoms with van der Waals surface area (Å²) in [6.07, 6.45) is 0.966. The van der Waals surface area contributed by atoms with E-state index in [4.69, 9.17) is 17.3 Å². The molecule has 1 heterocycles. The molecule has 0 aliphatic carbocycles. The molecule has 0 fully saturated rings. The molecule has 3 rings (SSSR count). The van der Waals surface area contributed by atoms with E-state index in [0.29, 0.717) is 6.54 Å². The fourth-order valence-corrected chi connectivity index (χ4v) is 2.89. The van der Waals surface area contributed by atoms with E-state index in [9.17, 15) is 4.39 Å². The number of halogens is 2. The van der Waals surface area contributed by atoms with E-state index >= 15 is 0 Å². The Balaban J connectivity index is 1.81. The highest BCUT2D eigenvalue weighted by Gasteiger charge is 2.19. The van der Waals surface area contributed by atoms with Crippen LogP contribution in [0, 0.1) is 5.82 Å². The van der Waals surface area contributed by atoms with Gasteiger partial charge in [0.1, 0.15) is 5.82 Å². The number of nitrogens with zero attached hydrogens (tertiary/aromatic N) is 1. The minimum Gasteiger partial charge on any atom is -0.398 e. The Hall–Kier alpha value is -1.58. The van der Waals surface area contributed by atoms with Crippen LogP contribution in [-0.4, -0.2) is 11.4 Å². The highest BCUT2D eigenvalue weighted by molar-refractivity contribution is 6.31. The van der Waals surface area contributed by atoms with Gasteiger partial charge in [-0.15, -0.1) is 0 Å². The molecule has 2 nitrogen and oxygen atoms in total. The van der Waals surface area contributed by atoms with Crippen molar-refractivity contribution in [2.24, 2.45) is 0 Å². The number of rotatable bonds is 2. The molecule has 1 aliphatic heterocycles. The molecular weight excluding hydrogens is 275 g/mol. The quantitative estimate of drug-likeness (QED) is 0.856. The third-order valence-electron chi connectivity index (χ3n) is 3.81. The molecule has 2 N–H and O–H groups in total. The van der Waals surface area contributed by atoms with E-state index in [1.165, 1.54) is 17.2 Å². The first-order valence-corrected chi connectivity index (χ1v) is 7.04. The number of hydrogen-bond acceptors (Lipinski definition) is 2. The molecule has 0 unspecified atom stereocenters. The summed E-state index contributed by atoms with van der Waals surface area (Å²) in [4.78, 5) is 2.25. The monoisotopic (exact) mass is 290 g/mol. The molecule has 0 atom stereocenters. The van der Waals surface area contributed by atoms with Gasteiger partial charge in [-0.05, 0) is 35.2 Å². The Labute approximate surface area is 123 Å². The smallest absolute Gasteiger partial charge is 0.142 e. The Morgan fingerprint density at radius 3 is 2.85 bits per heavy atom. The van der Waals surface area contributed by atoms with Crippen LogP contribution in [0.5, 0.6) is 0 Å². The van der Waals surface area contributed by atoms with E-state index in [1.807, 2.05) is 18.2 Å².